The molecular formula is C15H18O2. The number of aliphatic carboxylic acids is 1. The third-order valence-corrected chi connectivity index (χ3v) is 3.47. The van der Waals surface area contributed by atoms with Gasteiger partial charge in [-0.05, 0) is 31.2 Å². The molecule has 2 atom stereocenters. The molecule has 0 saturated heterocycles. The highest BCUT2D eigenvalue weighted by molar-refractivity contribution is 5.71. The molecule has 0 heterocycles. The molecule has 2 heteroatoms. The molecule has 0 saturated carbocycles. The lowest BCUT2D eigenvalue weighted by Gasteiger charge is -2.24. The third kappa shape index (κ3) is 2.96. The minimum Gasteiger partial charge on any atom is -0.481 e. The molecule has 1 N–H and O–H groups in total. The van der Waals surface area contributed by atoms with Gasteiger partial charge in [0.25, 0.3) is 0 Å². The molecule has 0 aromatic heterocycles. The average Bonchev–Trinajstić information content (AvgIpc) is 2.29. The average molecular weight is 230 g/mol. The van der Waals surface area contributed by atoms with E-state index in [-0.39, 0.29) is 11.8 Å². The van der Waals surface area contributed by atoms with E-state index in [1.807, 2.05) is 30.3 Å². The molecule has 0 amide bonds. The van der Waals surface area contributed by atoms with Crippen molar-refractivity contribution in [2.45, 2.75) is 31.6 Å². The van der Waals surface area contributed by atoms with Crippen LogP contribution in [0.25, 0.3) is 0 Å². The van der Waals surface area contributed by atoms with Crippen LogP contribution in [0.1, 0.15) is 37.2 Å². The Bertz CT molecular complexity index is 395. The van der Waals surface area contributed by atoms with Crippen LogP contribution in [0, 0.1) is 5.92 Å². The standard InChI is InChI=1S/C15H18O2/c16-15(17)14-11-7-2-1-6-10-13(14)12-8-4-3-5-9-12/h1,3-6,8-9,13-14H,2,7,10-11H2,(H,16,17)/b6-1-/t13-,14-/m0/s1. The summed E-state index contributed by atoms with van der Waals surface area (Å²) in [6, 6.07) is 10.0. The van der Waals surface area contributed by atoms with E-state index in [1.165, 1.54) is 0 Å². The second-order valence-corrected chi connectivity index (χ2v) is 4.60. The number of allylic oxidation sites excluding steroid dienone is 2. The molecule has 0 aliphatic heterocycles. The first-order valence-corrected chi connectivity index (χ1v) is 6.22. The highest BCUT2D eigenvalue weighted by Gasteiger charge is 2.28. The topological polar surface area (TPSA) is 37.3 Å². The Hall–Kier alpha value is -1.57. The SMILES string of the molecule is O=C(O)[C@H]1CCC/C=C\C[C@H]1c1ccccc1. The van der Waals surface area contributed by atoms with Crippen LogP contribution in [0.4, 0.5) is 0 Å². The van der Waals surface area contributed by atoms with Gasteiger partial charge in [0, 0.05) is 5.92 Å². The number of carboxylic acids is 1. The zero-order chi connectivity index (χ0) is 12.1. The number of carbonyl (C=O) groups is 1. The normalized spacial score (nSPS) is 26.8. The monoisotopic (exact) mass is 230 g/mol. The molecule has 1 aromatic carbocycles. The predicted molar refractivity (Wildman–Crippen MR) is 67.9 cm³/mol. The number of hydrogen-bond donors (Lipinski definition) is 1. The molecule has 0 fully saturated rings. The van der Waals surface area contributed by atoms with Crippen molar-refractivity contribution < 1.29 is 9.90 Å². The van der Waals surface area contributed by atoms with E-state index in [1.54, 1.807) is 0 Å². The zero-order valence-corrected chi connectivity index (χ0v) is 9.88. The summed E-state index contributed by atoms with van der Waals surface area (Å²) >= 11 is 0. The predicted octanol–water partition coefficient (Wildman–Crippen LogP) is 3.60. The molecule has 0 radical (unpaired) electrons. The Morgan fingerprint density at radius 2 is 1.94 bits per heavy atom. The van der Waals surface area contributed by atoms with Crippen LogP contribution >= 0.6 is 0 Å². The lowest BCUT2D eigenvalue weighted by Crippen LogP contribution is -2.22. The molecule has 2 nitrogen and oxygen atoms in total. The molecule has 0 bridgehead atoms. The Kier molecular flexibility index (Phi) is 3.97. The molecule has 1 aliphatic carbocycles. The highest BCUT2D eigenvalue weighted by atomic mass is 16.4. The molecule has 17 heavy (non-hydrogen) atoms. The van der Waals surface area contributed by atoms with Crippen molar-refractivity contribution in [1.82, 2.24) is 0 Å². The summed E-state index contributed by atoms with van der Waals surface area (Å²) in [5.74, 6) is -0.790. The molecular weight excluding hydrogens is 212 g/mol. The highest BCUT2D eigenvalue weighted by Crippen LogP contribution is 2.33. The van der Waals surface area contributed by atoms with Crippen LogP contribution in [-0.4, -0.2) is 11.1 Å². The molecule has 0 spiro atoms. The van der Waals surface area contributed by atoms with Crippen LogP contribution in [0.3, 0.4) is 0 Å². The van der Waals surface area contributed by atoms with Gasteiger partial charge in [-0.15, -0.1) is 0 Å². The summed E-state index contributed by atoms with van der Waals surface area (Å²) in [5.41, 5.74) is 1.14. The summed E-state index contributed by atoms with van der Waals surface area (Å²) in [5, 5.41) is 9.36. The van der Waals surface area contributed by atoms with Gasteiger partial charge in [0.05, 0.1) is 5.92 Å². The smallest absolute Gasteiger partial charge is 0.307 e. The van der Waals surface area contributed by atoms with Crippen LogP contribution in [0.2, 0.25) is 0 Å². The molecule has 0 unspecified atom stereocenters. The summed E-state index contributed by atoms with van der Waals surface area (Å²) < 4.78 is 0. The lowest BCUT2D eigenvalue weighted by atomic mass is 9.79. The molecule has 90 valence electrons. The Morgan fingerprint density at radius 3 is 2.65 bits per heavy atom. The number of hydrogen-bond acceptors (Lipinski definition) is 1. The van der Waals surface area contributed by atoms with Gasteiger partial charge in [-0.3, -0.25) is 4.79 Å². The minimum absolute atomic E-state index is 0.116. The maximum atomic E-state index is 11.4. The fourth-order valence-electron chi connectivity index (χ4n) is 2.55. The van der Waals surface area contributed by atoms with Gasteiger partial charge in [0.15, 0.2) is 0 Å². The van der Waals surface area contributed by atoms with Gasteiger partial charge < -0.3 is 5.11 Å². The fraction of sp³-hybridized carbons (Fsp3) is 0.400. The second kappa shape index (κ2) is 5.67. The van der Waals surface area contributed by atoms with Crippen molar-refractivity contribution in [3.05, 3.63) is 48.0 Å². The van der Waals surface area contributed by atoms with Crippen molar-refractivity contribution in [2.75, 3.05) is 0 Å². The van der Waals surface area contributed by atoms with E-state index >= 15 is 0 Å². The maximum absolute atomic E-state index is 11.4. The van der Waals surface area contributed by atoms with Gasteiger partial charge in [0.1, 0.15) is 0 Å². The van der Waals surface area contributed by atoms with Gasteiger partial charge >= 0.3 is 5.97 Å². The van der Waals surface area contributed by atoms with Gasteiger partial charge in [0.2, 0.25) is 0 Å². The van der Waals surface area contributed by atoms with Crippen molar-refractivity contribution in [1.29, 1.82) is 0 Å². The van der Waals surface area contributed by atoms with E-state index in [9.17, 15) is 9.90 Å². The summed E-state index contributed by atoms with van der Waals surface area (Å²) in [6.07, 6.45) is 7.89. The molecule has 1 aliphatic rings. The number of carboxylic acid groups (broad SMARTS) is 1. The first kappa shape index (κ1) is 11.9. The van der Waals surface area contributed by atoms with Crippen LogP contribution in [0.5, 0.6) is 0 Å². The number of rotatable bonds is 2. The first-order chi connectivity index (χ1) is 8.29. The molecule has 2 rings (SSSR count). The van der Waals surface area contributed by atoms with E-state index in [0.29, 0.717) is 0 Å². The third-order valence-electron chi connectivity index (χ3n) is 3.47. The van der Waals surface area contributed by atoms with Crippen LogP contribution in [0.15, 0.2) is 42.5 Å². The van der Waals surface area contributed by atoms with E-state index in [2.05, 4.69) is 12.2 Å². The Labute approximate surface area is 102 Å². The number of benzene rings is 1. The van der Waals surface area contributed by atoms with E-state index in [0.717, 1.165) is 31.2 Å². The fourth-order valence-corrected chi connectivity index (χ4v) is 2.55. The Morgan fingerprint density at radius 1 is 1.18 bits per heavy atom. The second-order valence-electron chi connectivity index (χ2n) is 4.60. The Balaban J connectivity index is 2.27. The first-order valence-electron chi connectivity index (χ1n) is 6.22. The van der Waals surface area contributed by atoms with Crippen LogP contribution < -0.4 is 0 Å². The molecule has 1 aromatic rings. The maximum Gasteiger partial charge on any atom is 0.307 e. The van der Waals surface area contributed by atoms with Gasteiger partial charge in [-0.1, -0.05) is 42.5 Å². The van der Waals surface area contributed by atoms with Gasteiger partial charge in [-0.25, -0.2) is 0 Å². The summed E-state index contributed by atoms with van der Waals surface area (Å²) in [7, 11) is 0. The van der Waals surface area contributed by atoms with E-state index in [4.69, 9.17) is 0 Å². The zero-order valence-electron chi connectivity index (χ0n) is 9.88. The van der Waals surface area contributed by atoms with Crippen molar-refractivity contribution in [2.24, 2.45) is 5.92 Å². The summed E-state index contributed by atoms with van der Waals surface area (Å²) in [4.78, 5) is 11.4. The van der Waals surface area contributed by atoms with Gasteiger partial charge in [-0.2, -0.15) is 0 Å². The van der Waals surface area contributed by atoms with Crippen molar-refractivity contribution in [3.63, 3.8) is 0 Å². The van der Waals surface area contributed by atoms with Crippen LogP contribution in [-0.2, 0) is 4.79 Å². The summed E-state index contributed by atoms with van der Waals surface area (Å²) in [6.45, 7) is 0. The van der Waals surface area contributed by atoms with Crippen molar-refractivity contribution in [3.8, 4) is 0 Å². The van der Waals surface area contributed by atoms with Crippen molar-refractivity contribution >= 4 is 5.97 Å². The quantitative estimate of drug-likeness (QED) is 0.788. The lowest BCUT2D eigenvalue weighted by molar-refractivity contribution is -0.142. The minimum atomic E-state index is -0.658. The largest absolute Gasteiger partial charge is 0.481 e. The van der Waals surface area contributed by atoms with E-state index < -0.39 is 5.97 Å².